The smallest absolute Gasteiger partial charge is 0.142 e. The fourth-order valence-corrected chi connectivity index (χ4v) is 0.483. The molecule has 0 heterocycles. The van der Waals surface area contributed by atoms with Crippen molar-refractivity contribution in [2.75, 3.05) is 6.61 Å². The van der Waals surface area contributed by atoms with Crippen molar-refractivity contribution in [3.05, 3.63) is 24.0 Å². The van der Waals surface area contributed by atoms with Gasteiger partial charge in [-0.05, 0) is 18.1 Å². The second-order valence-corrected chi connectivity index (χ2v) is 1.67. The summed E-state index contributed by atoms with van der Waals surface area (Å²) in [6.07, 6.45) is 4.55. The van der Waals surface area contributed by atoms with Gasteiger partial charge in [0.1, 0.15) is 6.29 Å². The van der Waals surface area contributed by atoms with Gasteiger partial charge in [0.05, 0.1) is 6.26 Å². The van der Waals surface area contributed by atoms with Crippen molar-refractivity contribution in [1.29, 1.82) is 0 Å². The van der Waals surface area contributed by atoms with Gasteiger partial charge >= 0.3 is 0 Å². The standard InChI is InChI=1S/C7H10O3/c8-4-1-2-7(6-10)3-5-9/h1-2,4,6,9-10H,3,5H2. The van der Waals surface area contributed by atoms with Crippen LogP contribution >= 0.6 is 0 Å². The molecule has 0 fully saturated rings. The lowest BCUT2D eigenvalue weighted by Gasteiger charge is -1.92. The van der Waals surface area contributed by atoms with Crippen LogP contribution in [0.15, 0.2) is 24.0 Å². The Hall–Kier alpha value is -1.09. The number of aldehydes is 1. The normalized spacial score (nSPS) is 12.3. The first kappa shape index (κ1) is 8.91. The van der Waals surface area contributed by atoms with Crippen molar-refractivity contribution in [2.24, 2.45) is 0 Å². The van der Waals surface area contributed by atoms with Crippen LogP contribution in [-0.4, -0.2) is 23.1 Å². The van der Waals surface area contributed by atoms with Crippen molar-refractivity contribution >= 4 is 6.29 Å². The molecule has 0 rings (SSSR count). The predicted octanol–water partition coefficient (Wildman–Crippen LogP) is 0.566. The summed E-state index contributed by atoms with van der Waals surface area (Å²) in [4.78, 5) is 9.77. The molecule has 0 saturated carbocycles. The van der Waals surface area contributed by atoms with Gasteiger partial charge in [-0.2, -0.15) is 0 Å². The quantitative estimate of drug-likeness (QED) is 0.261. The Morgan fingerprint density at radius 1 is 1.50 bits per heavy atom. The third kappa shape index (κ3) is 3.86. The minimum atomic E-state index is -0.0322. The highest BCUT2D eigenvalue weighted by Gasteiger charge is 1.88. The van der Waals surface area contributed by atoms with Crippen LogP contribution in [0.2, 0.25) is 0 Å². The fourth-order valence-electron chi connectivity index (χ4n) is 0.483. The zero-order valence-electron chi connectivity index (χ0n) is 5.53. The number of aliphatic hydroxyl groups is 2. The van der Waals surface area contributed by atoms with Gasteiger partial charge in [-0.1, -0.05) is 6.08 Å². The molecule has 0 aromatic heterocycles. The number of aliphatic hydroxyl groups excluding tert-OH is 2. The van der Waals surface area contributed by atoms with Crippen LogP contribution in [-0.2, 0) is 4.79 Å². The Morgan fingerprint density at radius 3 is 2.60 bits per heavy atom. The summed E-state index contributed by atoms with van der Waals surface area (Å²) in [5.74, 6) is 0. The number of carbonyl (C=O) groups is 1. The van der Waals surface area contributed by atoms with Crippen molar-refractivity contribution in [2.45, 2.75) is 6.42 Å². The van der Waals surface area contributed by atoms with Crippen molar-refractivity contribution in [3.8, 4) is 0 Å². The van der Waals surface area contributed by atoms with Gasteiger partial charge in [-0.15, -0.1) is 0 Å². The van der Waals surface area contributed by atoms with E-state index in [2.05, 4.69) is 0 Å². The summed E-state index contributed by atoms with van der Waals surface area (Å²) in [6, 6.07) is 0. The maximum atomic E-state index is 9.77. The first-order chi connectivity index (χ1) is 4.85. The van der Waals surface area contributed by atoms with Gasteiger partial charge in [0.25, 0.3) is 0 Å². The summed E-state index contributed by atoms with van der Waals surface area (Å²) in [5, 5.41) is 16.8. The molecule has 0 aromatic rings. The van der Waals surface area contributed by atoms with Gasteiger partial charge in [0.2, 0.25) is 0 Å². The van der Waals surface area contributed by atoms with E-state index >= 15 is 0 Å². The van der Waals surface area contributed by atoms with E-state index in [-0.39, 0.29) is 6.61 Å². The average molecular weight is 142 g/mol. The Morgan fingerprint density at radius 2 is 2.20 bits per heavy atom. The van der Waals surface area contributed by atoms with Crippen LogP contribution in [0.3, 0.4) is 0 Å². The molecular formula is C7H10O3. The zero-order chi connectivity index (χ0) is 7.82. The molecule has 2 N–H and O–H groups in total. The van der Waals surface area contributed by atoms with E-state index < -0.39 is 0 Å². The third-order valence-electron chi connectivity index (χ3n) is 0.955. The molecule has 0 aromatic carbocycles. The van der Waals surface area contributed by atoms with Crippen LogP contribution < -0.4 is 0 Å². The first-order valence-electron chi connectivity index (χ1n) is 2.91. The van der Waals surface area contributed by atoms with Gasteiger partial charge in [0, 0.05) is 6.61 Å². The van der Waals surface area contributed by atoms with E-state index in [0.717, 1.165) is 6.26 Å². The second-order valence-electron chi connectivity index (χ2n) is 1.67. The van der Waals surface area contributed by atoms with Crippen molar-refractivity contribution < 1.29 is 15.0 Å². The monoisotopic (exact) mass is 142 g/mol. The van der Waals surface area contributed by atoms with E-state index in [1.54, 1.807) is 0 Å². The first-order valence-corrected chi connectivity index (χ1v) is 2.91. The number of carbonyl (C=O) groups excluding carboxylic acids is 1. The molecule has 0 amide bonds. The summed E-state index contributed by atoms with van der Waals surface area (Å²) >= 11 is 0. The zero-order valence-corrected chi connectivity index (χ0v) is 5.53. The third-order valence-corrected chi connectivity index (χ3v) is 0.955. The van der Waals surface area contributed by atoms with Crippen molar-refractivity contribution in [1.82, 2.24) is 0 Å². The lowest BCUT2D eigenvalue weighted by atomic mass is 10.2. The Balaban J connectivity index is 3.84. The molecule has 3 heteroatoms. The number of hydrogen-bond acceptors (Lipinski definition) is 3. The minimum Gasteiger partial charge on any atom is -0.515 e. The van der Waals surface area contributed by atoms with E-state index in [9.17, 15) is 4.79 Å². The molecule has 10 heavy (non-hydrogen) atoms. The summed E-state index contributed by atoms with van der Waals surface area (Å²) in [6.45, 7) is -0.0322. The summed E-state index contributed by atoms with van der Waals surface area (Å²) in [7, 11) is 0. The molecule has 56 valence electrons. The molecule has 0 aliphatic carbocycles. The molecule has 0 atom stereocenters. The van der Waals surface area contributed by atoms with E-state index in [0.29, 0.717) is 18.3 Å². The number of rotatable bonds is 4. The van der Waals surface area contributed by atoms with Gasteiger partial charge in [-0.25, -0.2) is 0 Å². The van der Waals surface area contributed by atoms with Gasteiger partial charge in [-0.3, -0.25) is 4.79 Å². The molecule has 0 aliphatic rings. The van der Waals surface area contributed by atoms with Crippen LogP contribution in [0.4, 0.5) is 0 Å². The van der Waals surface area contributed by atoms with E-state index in [4.69, 9.17) is 10.2 Å². The molecule has 0 unspecified atom stereocenters. The van der Waals surface area contributed by atoms with E-state index in [1.807, 2.05) is 0 Å². The second kappa shape index (κ2) is 6.04. The lowest BCUT2D eigenvalue weighted by molar-refractivity contribution is -0.104. The predicted molar refractivity (Wildman–Crippen MR) is 37.6 cm³/mol. The minimum absolute atomic E-state index is 0.0322. The highest BCUT2D eigenvalue weighted by atomic mass is 16.3. The summed E-state index contributed by atoms with van der Waals surface area (Å²) < 4.78 is 0. The molecule has 0 bridgehead atoms. The van der Waals surface area contributed by atoms with Crippen LogP contribution in [0.1, 0.15) is 6.42 Å². The molecule has 0 aliphatic heterocycles. The summed E-state index contributed by atoms with van der Waals surface area (Å²) in [5.41, 5.74) is 0.537. The highest BCUT2D eigenvalue weighted by molar-refractivity contribution is 5.65. The Kier molecular flexibility index (Phi) is 5.38. The number of hydrogen-bond donors (Lipinski definition) is 2. The lowest BCUT2D eigenvalue weighted by Crippen LogP contribution is -1.85. The average Bonchev–Trinajstić information content (AvgIpc) is 1.98. The van der Waals surface area contributed by atoms with Crippen LogP contribution in [0.5, 0.6) is 0 Å². The van der Waals surface area contributed by atoms with Crippen molar-refractivity contribution in [3.63, 3.8) is 0 Å². The number of allylic oxidation sites excluding steroid dienone is 2. The van der Waals surface area contributed by atoms with Gasteiger partial charge in [0.15, 0.2) is 0 Å². The maximum absolute atomic E-state index is 9.77. The van der Waals surface area contributed by atoms with Crippen LogP contribution in [0.25, 0.3) is 0 Å². The molecule has 0 spiro atoms. The largest absolute Gasteiger partial charge is 0.515 e. The fraction of sp³-hybridized carbons (Fsp3) is 0.286. The maximum Gasteiger partial charge on any atom is 0.142 e. The SMILES string of the molecule is O=CC=CC(=CO)CCO. The van der Waals surface area contributed by atoms with E-state index in [1.165, 1.54) is 12.2 Å². The Bertz CT molecular complexity index is 147. The van der Waals surface area contributed by atoms with Crippen LogP contribution in [0, 0.1) is 0 Å². The highest BCUT2D eigenvalue weighted by Crippen LogP contribution is 1.99. The molecule has 0 saturated heterocycles. The molecule has 0 radical (unpaired) electrons. The Labute approximate surface area is 59.3 Å². The topological polar surface area (TPSA) is 57.5 Å². The molecular weight excluding hydrogens is 132 g/mol. The van der Waals surface area contributed by atoms with Gasteiger partial charge < -0.3 is 10.2 Å². The molecule has 3 nitrogen and oxygen atoms in total.